The van der Waals surface area contributed by atoms with Crippen LogP contribution in [0.25, 0.3) is 0 Å². The molecule has 0 aliphatic carbocycles. The van der Waals surface area contributed by atoms with E-state index in [0.29, 0.717) is 3.57 Å². The third-order valence-electron chi connectivity index (χ3n) is 1.45. The summed E-state index contributed by atoms with van der Waals surface area (Å²) >= 11 is 1.90. The molecule has 0 aliphatic rings. The van der Waals surface area contributed by atoms with E-state index in [-0.39, 0.29) is 11.1 Å². The molecule has 0 amide bonds. The molecule has 4 nitrogen and oxygen atoms in total. The maximum absolute atomic E-state index is 11.1. The van der Waals surface area contributed by atoms with Crippen molar-refractivity contribution in [2.45, 2.75) is 0 Å². The molecule has 5 heteroatoms. The molecule has 0 atom stereocenters. The molecule has 2 rings (SSSR count). The zero-order valence-electron chi connectivity index (χ0n) is 5.32. The lowest BCUT2D eigenvalue weighted by Crippen LogP contribution is -2.21. The Morgan fingerprint density at radius 3 is 2.73 bits per heavy atom. The first kappa shape index (κ1) is 6.84. The lowest BCUT2D eigenvalue weighted by atomic mass is 10.7. The van der Waals surface area contributed by atoms with E-state index in [9.17, 15) is 9.59 Å². The molecule has 2 aromatic heterocycles. The van der Waals surface area contributed by atoms with Crippen molar-refractivity contribution < 1.29 is 0 Å². The van der Waals surface area contributed by atoms with Crippen LogP contribution in [0.4, 0.5) is 0 Å². The Balaban J connectivity index is 3.20. The molecule has 0 spiro atoms. The van der Waals surface area contributed by atoms with Gasteiger partial charge in [-0.05, 0) is 22.6 Å². The summed E-state index contributed by atoms with van der Waals surface area (Å²) in [6.07, 6.45) is 3.18. The van der Waals surface area contributed by atoms with Crippen molar-refractivity contribution in [2.24, 2.45) is 0 Å². The molecule has 56 valence electrons. The number of halogens is 1. The van der Waals surface area contributed by atoms with E-state index in [1.165, 1.54) is 10.6 Å². The average Bonchev–Trinajstić information content (AvgIpc) is 2.41. The second kappa shape index (κ2) is 2.07. The molecule has 0 unspecified atom stereocenters. The SMILES string of the molecule is O=c1ccn2cc(I)c(=O)n12. The quantitative estimate of drug-likeness (QED) is 0.617. The van der Waals surface area contributed by atoms with Gasteiger partial charge < -0.3 is 0 Å². The monoisotopic (exact) mass is 262 g/mol. The summed E-state index contributed by atoms with van der Waals surface area (Å²) in [7, 11) is 0. The fourth-order valence-electron chi connectivity index (χ4n) is 0.969. The molecule has 11 heavy (non-hydrogen) atoms. The number of hydrogen-bond acceptors (Lipinski definition) is 2. The Hall–Kier alpha value is -0.850. The van der Waals surface area contributed by atoms with E-state index in [1.807, 2.05) is 22.6 Å². The van der Waals surface area contributed by atoms with Crippen LogP contribution in [0, 0.1) is 3.57 Å². The summed E-state index contributed by atoms with van der Waals surface area (Å²) in [5.41, 5.74) is -0.529. The van der Waals surface area contributed by atoms with Crippen molar-refractivity contribution in [3.05, 3.63) is 42.7 Å². The first-order valence-electron chi connectivity index (χ1n) is 2.92. The van der Waals surface area contributed by atoms with Gasteiger partial charge in [0.15, 0.2) is 0 Å². The Labute approximate surface area is 74.5 Å². The molecule has 0 aromatic carbocycles. The minimum Gasteiger partial charge on any atom is -0.267 e. The summed E-state index contributed by atoms with van der Waals surface area (Å²) < 4.78 is 3.12. The van der Waals surface area contributed by atoms with Gasteiger partial charge in [0.05, 0.1) is 3.57 Å². The van der Waals surface area contributed by atoms with E-state index < -0.39 is 0 Å². The zero-order valence-corrected chi connectivity index (χ0v) is 7.48. The van der Waals surface area contributed by atoms with Crippen LogP contribution in [0.15, 0.2) is 28.0 Å². The number of hydrogen-bond donors (Lipinski definition) is 0. The highest BCUT2D eigenvalue weighted by molar-refractivity contribution is 14.1. The smallest absolute Gasteiger partial charge is 0.267 e. The molecule has 0 fully saturated rings. The van der Waals surface area contributed by atoms with E-state index >= 15 is 0 Å². The molecule has 0 radical (unpaired) electrons. The molecule has 0 N–H and O–H groups in total. The number of aromatic nitrogens is 2. The van der Waals surface area contributed by atoms with Crippen molar-refractivity contribution in [3.63, 3.8) is 0 Å². The van der Waals surface area contributed by atoms with Gasteiger partial charge in [-0.25, -0.2) is 0 Å². The molecular formula is C6H3IN2O2. The second-order valence-corrected chi connectivity index (χ2v) is 3.29. The maximum atomic E-state index is 11.1. The maximum Gasteiger partial charge on any atom is 0.287 e. The average molecular weight is 262 g/mol. The lowest BCUT2D eigenvalue weighted by Gasteiger charge is -1.78. The van der Waals surface area contributed by atoms with Crippen LogP contribution >= 0.6 is 22.6 Å². The highest BCUT2D eigenvalue weighted by Crippen LogP contribution is 1.94. The first-order chi connectivity index (χ1) is 5.20. The van der Waals surface area contributed by atoms with Crippen LogP contribution in [0.2, 0.25) is 0 Å². The molecule has 0 bridgehead atoms. The molecule has 0 saturated heterocycles. The van der Waals surface area contributed by atoms with Gasteiger partial charge in [-0.15, -0.1) is 0 Å². The Kier molecular flexibility index (Phi) is 1.28. The third-order valence-corrected chi connectivity index (χ3v) is 2.19. The Bertz CT molecular complexity index is 498. The van der Waals surface area contributed by atoms with Crippen LogP contribution < -0.4 is 11.1 Å². The first-order valence-corrected chi connectivity index (χ1v) is 4.00. The molecule has 0 saturated carbocycles. The minimum absolute atomic E-state index is 0.249. The zero-order chi connectivity index (χ0) is 8.01. The van der Waals surface area contributed by atoms with E-state index in [0.717, 1.165) is 4.52 Å². The van der Waals surface area contributed by atoms with E-state index in [1.54, 1.807) is 12.4 Å². The van der Waals surface area contributed by atoms with Gasteiger partial charge in [0.1, 0.15) is 0 Å². The summed E-state index contributed by atoms with van der Waals surface area (Å²) in [6.45, 7) is 0. The van der Waals surface area contributed by atoms with Crippen LogP contribution in [-0.4, -0.2) is 9.03 Å². The summed E-state index contributed by atoms with van der Waals surface area (Å²) in [5, 5.41) is 0. The Morgan fingerprint density at radius 1 is 1.36 bits per heavy atom. The van der Waals surface area contributed by atoms with Crippen LogP contribution in [0.5, 0.6) is 0 Å². The van der Waals surface area contributed by atoms with Crippen molar-refractivity contribution in [3.8, 4) is 0 Å². The van der Waals surface area contributed by atoms with Crippen molar-refractivity contribution in [1.82, 2.24) is 9.03 Å². The molecule has 2 aromatic rings. The number of rotatable bonds is 0. The van der Waals surface area contributed by atoms with Crippen molar-refractivity contribution in [1.29, 1.82) is 0 Å². The fraction of sp³-hybridized carbons (Fsp3) is 0. The van der Waals surface area contributed by atoms with Crippen molar-refractivity contribution in [2.75, 3.05) is 0 Å². The normalized spacial score (nSPS) is 11.0. The summed E-state index contributed by atoms with van der Waals surface area (Å²) in [6, 6.07) is 1.36. The Morgan fingerprint density at radius 2 is 2.09 bits per heavy atom. The standard InChI is InChI=1S/C6H3IN2O2/c7-4-3-8-2-1-5(10)9(8)6(4)11/h1-3H. The van der Waals surface area contributed by atoms with E-state index in [4.69, 9.17) is 0 Å². The van der Waals surface area contributed by atoms with Gasteiger partial charge in [-0.1, -0.05) is 0 Å². The van der Waals surface area contributed by atoms with Gasteiger partial charge in [0.25, 0.3) is 11.1 Å². The number of fused-ring (bicyclic) bond motifs is 1. The van der Waals surface area contributed by atoms with Gasteiger partial charge in [-0.2, -0.15) is 4.52 Å². The topological polar surface area (TPSA) is 43.0 Å². The van der Waals surface area contributed by atoms with Crippen LogP contribution in [-0.2, 0) is 0 Å². The molecular weight excluding hydrogens is 259 g/mol. The predicted octanol–water partition coefficient (Wildman–Crippen LogP) is -0.198. The van der Waals surface area contributed by atoms with Gasteiger partial charge in [-0.3, -0.25) is 14.1 Å². The van der Waals surface area contributed by atoms with Gasteiger partial charge >= 0.3 is 0 Å². The second-order valence-electron chi connectivity index (χ2n) is 2.13. The fourth-order valence-corrected chi connectivity index (χ4v) is 1.48. The highest BCUT2D eigenvalue weighted by atomic mass is 127. The molecule has 2 heterocycles. The van der Waals surface area contributed by atoms with Crippen LogP contribution in [0.3, 0.4) is 0 Å². The third kappa shape index (κ3) is 0.802. The van der Waals surface area contributed by atoms with Crippen LogP contribution in [0.1, 0.15) is 0 Å². The van der Waals surface area contributed by atoms with E-state index in [2.05, 4.69) is 0 Å². The molecule has 0 aliphatic heterocycles. The van der Waals surface area contributed by atoms with Crippen molar-refractivity contribution >= 4 is 22.6 Å². The summed E-state index contributed by atoms with van der Waals surface area (Å²) in [4.78, 5) is 22.1. The largest absolute Gasteiger partial charge is 0.287 e. The van der Waals surface area contributed by atoms with Gasteiger partial charge in [0, 0.05) is 18.5 Å². The highest BCUT2D eigenvalue weighted by Gasteiger charge is 2.05. The minimum atomic E-state index is -0.280. The number of nitrogens with zero attached hydrogens (tertiary/aromatic N) is 2. The summed E-state index contributed by atoms with van der Waals surface area (Å²) in [5.74, 6) is 0. The lowest BCUT2D eigenvalue weighted by molar-refractivity contribution is 0.805. The predicted molar refractivity (Wildman–Crippen MR) is 47.3 cm³/mol. The van der Waals surface area contributed by atoms with Gasteiger partial charge in [0.2, 0.25) is 0 Å².